The van der Waals surface area contributed by atoms with Crippen molar-refractivity contribution in [3.8, 4) is 5.75 Å². The number of pyridine rings is 1. The number of nitrogens with one attached hydrogen (secondary N) is 1. The number of rotatable bonds is 7. The highest BCUT2D eigenvalue weighted by molar-refractivity contribution is 5.94. The molecule has 2 aliphatic heterocycles. The zero-order valence-corrected chi connectivity index (χ0v) is 20.8. The SMILES string of the molecule is CC1(COc2cccnc2C(=O)NCC2CCOCC2)CCN(C(=O)C2CCC(C(F)(F)F)CC2)C1. The van der Waals surface area contributed by atoms with Crippen LogP contribution < -0.4 is 10.1 Å². The third-order valence-corrected chi connectivity index (χ3v) is 7.86. The van der Waals surface area contributed by atoms with Gasteiger partial charge >= 0.3 is 6.18 Å². The van der Waals surface area contributed by atoms with Crippen molar-refractivity contribution in [3.63, 3.8) is 0 Å². The average Bonchev–Trinajstić information content (AvgIpc) is 3.28. The quantitative estimate of drug-likeness (QED) is 0.593. The van der Waals surface area contributed by atoms with Crippen molar-refractivity contribution in [1.29, 1.82) is 0 Å². The molecule has 7 nitrogen and oxygen atoms in total. The molecule has 1 aliphatic carbocycles. The van der Waals surface area contributed by atoms with Gasteiger partial charge in [0.25, 0.3) is 5.91 Å². The molecule has 2 saturated heterocycles. The summed E-state index contributed by atoms with van der Waals surface area (Å²) in [4.78, 5) is 31.8. The van der Waals surface area contributed by atoms with Crippen LogP contribution in [0.25, 0.3) is 0 Å². The first kappa shape index (κ1) is 26.7. The van der Waals surface area contributed by atoms with Gasteiger partial charge in [-0.2, -0.15) is 13.2 Å². The summed E-state index contributed by atoms with van der Waals surface area (Å²) >= 11 is 0. The number of amides is 2. The minimum Gasteiger partial charge on any atom is -0.490 e. The van der Waals surface area contributed by atoms with E-state index in [-0.39, 0.29) is 54.5 Å². The number of likely N-dealkylation sites (tertiary alicyclic amines) is 1. The van der Waals surface area contributed by atoms with Crippen LogP contribution in [-0.4, -0.2) is 67.3 Å². The molecule has 10 heteroatoms. The lowest BCUT2D eigenvalue weighted by Crippen LogP contribution is -2.39. The van der Waals surface area contributed by atoms with Crippen LogP contribution >= 0.6 is 0 Å². The van der Waals surface area contributed by atoms with Gasteiger partial charge in [-0.1, -0.05) is 6.92 Å². The molecule has 0 radical (unpaired) electrons. The number of nitrogens with zero attached hydrogens (tertiary/aromatic N) is 2. The Morgan fingerprint density at radius 3 is 2.61 bits per heavy atom. The Morgan fingerprint density at radius 1 is 1.19 bits per heavy atom. The van der Waals surface area contributed by atoms with E-state index in [0.29, 0.717) is 51.1 Å². The molecule has 0 aromatic carbocycles. The van der Waals surface area contributed by atoms with Crippen LogP contribution in [0, 0.1) is 23.2 Å². The van der Waals surface area contributed by atoms with Crippen LogP contribution in [0.15, 0.2) is 18.3 Å². The van der Waals surface area contributed by atoms with E-state index < -0.39 is 12.1 Å². The fourth-order valence-electron chi connectivity index (χ4n) is 5.46. The molecule has 0 spiro atoms. The molecule has 4 rings (SSSR count). The van der Waals surface area contributed by atoms with E-state index in [0.717, 1.165) is 19.3 Å². The van der Waals surface area contributed by atoms with Crippen LogP contribution in [0.5, 0.6) is 5.75 Å². The van der Waals surface area contributed by atoms with Crippen LogP contribution in [0.4, 0.5) is 13.2 Å². The molecule has 36 heavy (non-hydrogen) atoms. The summed E-state index contributed by atoms with van der Waals surface area (Å²) in [5.74, 6) is -1.16. The number of hydrogen-bond donors (Lipinski definition) is 1. The highest BCUT2D eigenvalue weighted by Gasteiger charge is 2.44. The minimum absolute atomic E-state index is 0.0223. The smallest absolute Gasteiger partial charge is 0.391 e. The van der Waals surface area contributed by atoms with Gasteiger partial charge in [0, 0.05) is 50.4 Å². The zero-order chi connectivity index (χ0) is 25.8. The number of alkyl halides is 3. The van der Waals surface area contributed by atoms with Gasteiger partial charge in [-0.15, -0.1) is 0 Å². The number of hydrogen-bond acceptors (Lipinski definition) is 5. The minimum atomic E-state index is -4.18. The lowest BCUT2D eigenvalue weighted by molar-refractivity contribution is -0.185. The Kier molecular flexibility index (Phi) is 8.42. The largest absolute Gasteiger partial charge is 0.490 e. The van der Waals surface area contributed by atoms with Crippen molar-refractivity contribution in [2.75, 3.05) is 39.5 Å². The zero-order valence-electron chi connectivity index (χ0n) is 20.8. The van der Waals surface area contributed by atoms with Gasteiger partial charge in [-0.05, 0) is 63.0 Å². The van der Waals surface area contributed by atoms with Crippen LogP contribution in [0.3, 0.4) is 0 Å². The van der Waals surface area contributed by atoms with Gasteiger partial charge in [-0.25, -0.2) is 4.98 Å². The van der Waals surface area contributed by atoms with Crippen molar-refractivity contribution in [1.82, 2.24) is 15.2 Å². The average molecular weight is 512 g/mol. The lowest BCUT2D eigenvalue weighted by Gasteiger charge is -2.32. The maximum atomic E-state index is 13.0. The Bertz CT molecular complexity index is 914. The predicted octanol–water partition coefficient (Wildman–Crippen LogP) is 4.22. The Labute approximate surface area is 210 Å². The number of ether oxygens (including phenoxy) is 2. The van der Waals surface area contributed by atoms with Crippen molar-refractivity contribution in [3.05, 3.63) is 24.0 Å². The van der Waals surface area contributed by atoms with Crippen LogP contribution in [0.2, 0.25) is 0 Å². The Morgan fingerprint density at radius 2 is 1.92 bits per heavy atom. The van der Waals surface area contributed by atoms with Crippen molar-refractivity contribution < 1.29 is 32.2 Å². The van der Waals surface area contributed by atoms with Gasteiger partial charge < -0.3 is 19.7 Å². The molecule has 1 saturated carbocycles. The molecule has 200 valence electrons. The van der Waals surface area contributed by atoms with Gasteiger partial charge in [0.05, 0.1) is 12.5 Å². The molecule has 3 fully saturated rings. The molecule has 3 aliphatic rings. The first-order chi connectivity index (χ1) is 17.1. The second kappa shape index (κ2) is 11.4. The summed E-state index contributed by atoms with van der Waals surface area (Å²) in [6, 6.07) is 3.44. The molecular formula is C26H36F3N3O4. The monoisotopic (exact) mass is 511 g/mol. The summed E-state index contributed by atoms with van der Waals surface area (Å²) in [6.07, 6.45) is 0.562. The van der Waals surface area contributed by atoms with Gasteiger partial charge in [-0.3, -0.25) is 9.59 Å². The van der Waals surface area contributed by atoms with E-state index in [2.05, 4.69) is 10.3 Å². The fourth-order valence-corrected chi connectivity index (χ4v) is 5.46. The molecular weight excluding hydrogens is 475 g/mol. The standard InChI is InChI=1S/C26H36F3N3O4/c1-25(10-12-32(16-25)24(34)19-4-6-20(7-5-19)26(27,28)29)17-36-21-3-2-11-30-22(21)23(33)31-15-18-8-13-35-14-9-18/h2-3,11,18-20H,4-10,12-17H2,1H3,(H,31,33). The molecule has 1 aromatic rings. The second-order valence-corrected chi connectivity index (χ2v) is 10.8. The van der Waals surface area contributed by atoms with Crippen molar-refractivity contribution in [2.45, 2.75) is 58.0 Å². The third kappa shape index (κ3) is 6.69. The molecule has 2 amide bonds. The topological polar surface area (TPSA) is 80.8 Å². The summed E-state index contributed by atoms with van der Waals surface area (Å²) in [6.45, 7) is 5.38. The summed E-state index contributed by atoms with van der Waals surface area (Å²) in [7, 11) is 0. The number of aromatic nitrogens is 1. The first-order valence-electron chi connectivity index (χ1n) is 12.9. The lowest BCUT2D eigenvalue weighted by atomic mass is 9.81. The van der Waals surface area contributed by atoms with E-state index in [1.54, 1.807) is 23.2 Å². The normalized spacial score (nSPS) is 27.6. The molecule has 3 heterocycles. The fraction of sp³-hybridized carbons (Fsp3) is 0.731. The third-order valence-electron chi connectivity index (χ3n) is 7.86. The highest BCUT2D eigenvalue weighted by Crippen LogP contribution is 2.41. The molecule has 1 atom stereocenters. The van der Waals surface area contributed by atoms with Crippen molar-refractivity contribution >= 4 is 11.8 Å². The second-order valence-electron chi connectivity index (χ2n) is 10.8. The molecule has 0 bridgehead atoms. The summed E-state index contributed by atoms with van der Waals surface area (Å²) in [5, 5.41) is 2.96. The van der Waals surface area contributed by atoms with E-state index in [1.165, 1.54) is 0 Å². The molecule has 1 N–H and O–H groups in total. The van der Waals surface area contributed by atoms with E-state index in [4.69, 9.17) is 9.47 Å². The number of carbonyl (C=O) groups is 2. The predicted molar refractivity (Wildman–Crippen MR) is 126 cm³/mol. The van der Waals surface area contributed by atoms with Crippen LogP contribution in [-0.2, 0) is 9.53 Å². The highest BCUT2D eigenvalue weighted by atomic mass is 19.4. The Hall–Kier alpha value is -2.36. The maximum absolute atomic E-state index is 13.0. The molecule has 1 unspecified atom stereocenters. The van der Waals surface area contributed by atoms with Crippen molar-refractivity contribution in [2.24, 2.45) is 23.2 Å². The maximum Gasteiger partial charge on any atom is 0.391 e. The van der Waals surface area contributed by atoms with Gasteiger partial charge in [0.15, 0.2) is 11.4 Å². The molecule has 1 aromatic heterocycles. The van der Waals surface area contributed by atoms with Gasteiger partial charge in [0.2, 0.25) is 5.91 Å². The number of carbonyl (C=O) groups excluding carboxylic acids is 2. The Balaban J connectivity index is 1.28. The van der Waals surface area contributed by atoms with E-state index >= 15 is 0 Å². The first-order valence-corrected chi connectivity index (χ1v) is 12.9. The van der Waals surface area contributed by atoms with E-state index in [9.17, 15) is 22.8 Å². The van der Waals surface area contributed by atoms with Gasteiger partial charge in [0.1, 0.15) is 0 Å². The van der Waals surface area contributed by atoms with E-state index in [1.807, 2.05) is 6.92 Å². The summed E-state index contributed by atoms with van der Waals surface area (Å²) in [5.41, 5.74) is -0.0784. The number of halogens is 3. The summed E-state index contributed by atoms with van der Waals surface area (Å²) < 4.78 is 50.3. The van der Waals surface area contributed by atoms with Crippen LogP contribution in [0.1, 0.15) is 62.4 Å².